The van der Waals surface area contributed by atoms with E-state index in [1.54, 1.807) is 12.1 Å². The lowest BCUT2D eigenvalue weighted by Crippen LogP contribution is -2.51. The highest BCUT2D eigenvalue weighted by molar-refractivity contribution is 5.97. The van der Waals surface area contributed by atoms with Crippen LogP contribution in [0.3, 0.4) is 0 Å². The summed E-state index contributed by atoms with van der Waals surface area (Å²) >= 11 is 0. The van der Waals surface area contributed by atoms with Crippen LogP contribution in [0.1, 0.15) is 70.4 Å². The maximum Gasteiger partial charge on any atom is 0.277 e. The number of rotatable bonds is 6. The van der Waals surface area contributed by atoms with Crippen LogP contribution in [0, 0.1) is 30.1 Å². The molecule has 0 aliphatic heterocycles. The van der Waals surface area contributed by atoms with Gasteiger partial charge in [0.2, 0.25) is 5.91 Å². The smallest absolute Gasteiger partial charge is 0.277 e. The summed E-state index contributed by atoms with van der Waals surface area (Å²) in [5.74, 6) is 1.64. The van der Waals surface area contributed by atoms with E-state index in [2.05, 4.69) is 4.57 Å². The highest BCUT2D eigenvalue weighted by atomic mass is 16.5. The van der Waals surface area contributed by atoms with Crippen molar-refractivity contribution < 1.29 is 14.8 Å². The highest BCUT2D eigenvalue weighted by Crippen LogP contribution is 2.60. The Hall–Kier alpha value is -3.12. The third kappa shape index (κ3) is 4.04. The van der Waals surface area contributed by atoms with E-state index in [4.69, 9.17) is 5.73 Å². The molecule has 3 aromatic rings. The number of carbonyl (C=O) groups excluding carboxylic acids is 2. The molecular weight excluding hydrogens is 438 g/mol. The summed E-state index contributed by atoms with van der Waals surface area (Å²) in [6, 6.07) is 13.3. The van der Waals surface area contributed by atoms with Crippen LogP contribution < -0.4 is 5.73 Å². The van der Waals surface area contributed by atoms with Crippen LogP contribution in [0.5, 0.6) is 0 Å². The van der Waals surface area contributed by atoms with Crippen LogP contribution in [0.2, 0.25) is 0 Å². The molecule has 6 heteroatoms. The average molecular weight is 472 g/mol. The number of primary amides is 1. The van der Waals surface area contributed by atoms with Crippen molar-refractivity contribution in [3.8, 4) is 0 Å². The van der Waals surface area contributed by atoms with Crippen molar-refractivity contribution in [3.05, 3.63) is 70.9 Å². The Morgan fingerprint density at radius 2 is 1.71 bits per heavy atom. The molecule has 2 aromatic carbocycles. The lowest BCUT2D eigenvalue weighted by Gasteiger charge is -2.57. The number of fused-ring (bicyclic) bond motifs is 1. The molecule has 3 N–H and O–H groups in total. The fourth-order valence-electron chi connectivity index (χ4n) is 7.76. The Morgan fingerprint density at radius 3 is 2.34 bits per heavy atom. The van der Waals surface area contributed by atoms with Gasteiger partial charge in [-0.05, 0) is 110 Å². The molecule has 1 aromatic heterocycles. The van der Waals surface area contributed by atoms with Gasteiger partial charge in [0, 0.05) is 34.8 Å². The SMILES string of the molecule is Cc1cc(Cn2ccc3cc(C(N)=O)ccc32)ccc1C(=O)N(O)CC12CC3CC(CC(C3)C1)C2. The molecule has 182 valence electrons. The number of hydroxylamine groups is 2. The number of nitrogens with zero attached hydrogens (tertiary/aromatic N) is 2. The lowest BCUT2D eigenvalue weighted by atomic mass is 9.49. The number of aromatic nitrogens is 1. The summed E-state index contributed by atoms with van der Waals surface area (Å²) in [7, 11) is 0. The lowest BCUT2D eigenvalue weighted by molar-refractivity contribution is -0.129. The number of hydrogen-bond donors (Lipinski definition) is 2. The van der Waals surface area contributed by atoms with Gasteiger partial charge in [0.25, 0.3) is 5.91 Å². The number of carbonyl (C=O) groups is 2. The standard InChI is InChI=1S/C29H33N3O3/c1-18-8-19(16-31-7-6-23-12-24(27(30)33)3-5-26(23)31)2-4-25(18)28(34)32(35)17-29-13-20-9-21(14-29)11-22(10-20)15-29/h2-8,12,20-22,35H,9-11,13-17H2,1H3,(H2,30,33). The Balaban J connectivity index is 1.17. The van der Waals surface area contributed by atoms with Crippen molar-refractivity contribution >= 4 is 22.7 Å². The van der Waals surface area contributed by atoms with Gasteiger partial charge >= 0.3 is 0 Å². The molecule has 0 unspecified atom stereocenters. The maximum atomic E-state index is 13.2. The van der Waals surface area contributed by atoms with Crippen molar-refractivity contribution in [1.29, 1.82) is 0 Å². The summed E-state index contributed by atoms with van der Waals surface area (Å²) in [5, 5.41) is 12.8. The maximum absolute atomic E-state index is 13.2. The number of benzene rings is 2. The number of aryl methyl sites for hydroxylation is 1. The van der Waals surface area contributed by atoms with Crippen LogP contribution in [0.15, 0.2) is 48.7 Å². The Morgan fingerprint density at radius 1 is 1.03 bits per heavy atom. The molecule has 4 fully saturated rings. The monoisotopic (exact) mass is 471 g/mol. The molecule has 4 aliphatic rings. The van der Waals surface area contributed by atoms with Gasteiger partial charge in [-0.25, -0.2) is 5.06 Å². The van der Waals surface area contributed by atoms with E-state index in [1.807, 2.05) is 43.5 Å². The fraction of sp³-hybridized carbons (Fsp3) is 0.448. The second-order valence-electron chi connectivity index (χ2n) is 11.5. The van der Waals surface area contributed by atoms with Gasteiger partial charge in [-0.2, -0.15) is 0 Å². The van der Waals surface area contributed by atoms with Gasteiger partial charge in [-0.3, -0.25) is 14.8 Å². The quantitative estimate of drug-likeness (QED) is 0.385. The molecule has 0 spiro atoms. The third-order valence-corrected chi connectivity index (χ3v) is 8.81. The molecule has 0 saturated heterocycles. The van der Waals surface area contributed by atoms with E-state index in [1.165, 1.54) is 19.3 Å². The normalized spacial score (nSPS) is 26.9. The minimum Gasteiger partial charge on any atom is -0.366 e. The van der Waals surface area contributed by atoms with E-state index in [9.17, 15) is 14.8 Å². The molecule has 7 rings (SSSR count). The van der Waals surface area contributed by atoms with Crippen LogP contribution in [-0.4, -0.2) is 33.2 Å². The first kappa shape index (κ1) is 22.4. The van der Waals surface area contributed by atoms with Crippen LogP contribution in [-0.2, 0) is 6.54 Å². The molecule has 0 atom stereocenters. The second kappa shape index (κ2) is 8.23. The van der Waals surface area contributed by atoms with E-state index >= 15 is 0 Å². The van der Waals surface area contributed by atoms with Gasteiger partial charge in [0.05, 0.1) is 6.54 Å². The van der Waals surface area contributed by atoms with E-state index in [0.717, 1.165) is 64.1 Å². The molecule has 4 bridgehead atoms. The van der Waals surface area contributed by atoms with Crippen LogP contribution >= 0.6 is 0 Å². The van der Waals surface area contributed by atoms with Crippen LogP contribution in [0.25, 0.3) is 10.9 Å². The van der Waals surface area contributed by atoms with Crippen molar-refractivity contribution in [2.75, 3.05) is 6.54 Å². The zero-order chi connectivity index (χ0) is 24.3. The summed E-state index contributed by atoms with van der Waals surface area (Å²) in [5.41, 5.74) is 9.52. The first-order valence-electron chi connectivity index (χ1n) is 12.8. The number of nitrogens with two attached hydrogens (primary N) is 1. The predicted octanol–water partition coefficient (Wildman–Crippen LogP) is 5.14. The second-order valence-corrected chi connectivity index (χ2v) is 11.5. The van der Waals surface area contributed by atoms with Gasteiger partial charge in [-0.15, -0.1) is 0 Å². The zero-order valence-corrected chi connectivity index (χ0v) is 20.2. The summed E-state index contributed by atoms with van der Waals surface area (Å²) in [4.78, 5) is 24.7. The topological polar surface area (TPSA) is 88.6 Å². The predicted molar refractivity (Wildman–Crippen MR) is 134 cm³/mol. The molecule has 0 radical (unpaired) electrons. The van der Waals surface area contributed by atoms with Crippen molar-refractivity contribution in [2.24, 2.45) is 28.9 Å². The Bertz CT molecular complexity index is 1290. The summed E-state index contributed by atoms with van der Waals surface area (Å²) in [6.45, 7) is 3.03. The minimum atomic E-state index is -0.434. The fourth-order valence-corrected chi connectivity index (χ4v) is 7.76. The van der Waals surface area contributed by atoms with Gasteiger partial charge in [0.1, 0.15) is 0 Å². The van der Waals surface area contributed by atoms with Crippen molar-refractivity contribution in [1.82, 2.24) is 9.63 Å². The first-order valence-corrected chi connectivity index (χ1v) is 12.8. The first-order chi connectivity index (χ1) is 16.8. The van der Waals surface area contributed by atoms with Gasteiger partial charge in [-0.1, -0.05) is 12.1 Å². The zero-order valence-electron chi connectivity index (χ0n) is 20.2. The van der Waals surface area contributed by atoms with Crippen molar-refractivity contribution in [2.45, 2.75) is 52.0 Å². The van der Waals surface area contributed by atoms with E-state index < -0.39 is 5.91 Å². The Kier molecular flexibility index (Phi) is 5.26. The number of hydrogen-bond acceptors (Lipinski definition) is 3. The molecule has 4 saturated carbocycles. The average Bonchev–Trinajstić information content (AvgIpc) is 3.19. The molecular formula is C29H33N3O3. The van der Waals surface area contributed by atoms with Crippen LogP contribution in [0.4, 0.5) is 0 Å². The Labute approximate surface area is 205 Å². The van der Waals surface area contributed by atoms with Gasteiger partial charge in [0.15, 0.2) is 0 Å². The van der Waals surface area contributed by atoms with Gasteiger partial charge < -0.3 is 10.3 Å². The van der Waals surface area contributed by atoms with E-state index in [0.29, 0.717) is 24.2 Å². The number of amides is 2. The molecule has 35 heavy (non-hydrogen) atoms. The van der Waals surface area contributed by atoms with Crippen molar-refractivity contribution in [3.63, 3.8) is 0 Å². The molecule has 2 amide bonds. The third-order valence-electron chi connectivity index (χ3n) is 8.81. The molecule has 4 aliphatic carbocycles. The molecule has 1 heterocycles. The highest BCUT2D eigenvalue weighted by Gasteiger charge is 2.51. The van der Waals surface area contributed by atoms with E-state index in [-0.39, 0.29) is 11.3 Å². The molecule has 6 nitrogen and oxygen atoms in total. The minimum absolute atomic E-state index is 0.108. The summed E-state index contributed by atoms with van der Waals surface area (Å²) < 4.78 is 2.11. The largest absolute Gasteiger partial charge is 0.366 e. The summed E-state index contributed by atoms with van der Waals surface area (Å²) in [6.07, 6.45) is 9.52.